The number of aliphatic hydroxyl groups excluding tert-OH is 1. The normalized spacial score (nSPS) is 25.5. The minimum absolute atomic E-state index is 0.00821. The number of nitrogens with one attached hydrogen (secondary N) is 2. The first-order valence-electron chi connectivity index (χ1n) is 9.19. The van der Waals surface area contributed by atoms with Crippen LogP contribution in [0.5, 0.6) is 0 Å². The fourth-order valence-electron chi connectivity index (χ4n) is 3.90. The molecule has 2 atom stereocenters. The Morgan fingerprint density at radius 3 is 2.58 bits per heavy atom. The Balaban J connectivity index is 1.53. The molecule has 1 heterocycles. The largest absolute Gasteiger partial charge is 0.396 e. The first-order chi connectivity index (χ1) is 11.7. The molecular formula is C19H29N3O2. The molecule has 5 nitrogen and oxygen atoms in total. The van der Waals surface area contributed by atoms with Crippen LogP contribution in [0.25, 0.3) is 0 Å². The molecule has 1 saturated carbocycles. The average molecular weight is 331 g/mol. The van der Waals surface area contributed by atoms with Crippen LogP contribution >= 0.6 is 0 Å². The highest BCUT2D eigenvalue weighted by Gasteiger charge is 2.30. The number of hydrogen-bond acceptors (Lipinski definition) is 3. The molecule has 1 aromatic carbocycles. The van der Waals surface area contributed by atoms with E-state index >= 15 is 0 Å². The summed E-state index contributed by atoms with van der Waals surface area (Å²) in [6.45, 7) is 2.77. The number of nitrogens with zero attached hydrogens (tertiary/aromatic N) is 1. The highest BCUT2D eigenvalue weighted by atomic mass is 16.3. The van der Waals surface area contributed by atoms with Gasteiger partial charge in [-0.1, -0.05) is 43.2 Å². The molecule has 1 aliphatic heterocycles. The van der Waals surface area contributed by atoms with E-state index in [0.29, 0.717) is 6.04 Å². The summed E-state index contributed by atoms with van der Waals surface area (Å²) in [5.41, 5.74) is 1.29. The van der Waals surface area contributed by atoms with Crippen molar-refractivity contribution < 1.29 is 9.90 Å². The quantitative estimate of drug-likeness (QED) is 0.774. The monoisotopic (exact) mass is 331 g/mol. The molecule has 0 spiro atoms. The number of carbonyl (C=O) groups is 1. The lowest BCUT2D eigenvalue weighted by molar-refractivity contribution is 0.0944. The smallest absolute Gasteiger partial charge is 0.315 e. The molecule has 0 aromatic heterocycles. The molecule has 1 aliphatic carbocycles. The summed E-state index contributed by atoms with van der Waals surface area (Å²) in [5.74, 6) is 0.145. The second-order valence-electron chi connectivity index (χ2n) is 7.16. The zero-order valence-electron chi connectivity index (χ0n) is 14.3. The van der Waals surface area contributed by atoms with Crippen molar-refractivity contribution in [1.29, 1.82) is 0 Å². The van der Waals surface area contributed by atoms with E-state index in [0.717, 1.165) is 38.9 Å². The Morgan fingerprint density at radius 1 is 1.12 bits per heavy atom. The van der Waals surface area contributed by atoms with Crippen LogP contribution in [0, 0.1) is 5.92 Å². The van der Waals surface area contributed by atoms with Gasteiger partial charge in [-0.3, -0.25) is 4.90 Å². The first-order valence-corrected chi connectivity index (χ1v) is 9.19. The Kier molecular flexibility index (Phi) is 6.10. The minimum Gasteiger partial charge on any atom is -0.396 e. The molecule has 2 unspecified atom stereocenters. The van der Waals surface area contributed by atoms with Crippen LogP contribution in [-0.2, 0) is 6.54 Å². The highest BCUT2D eigenvalue weighted by Crippen LogP contribution is 2.20. The van der Waals surface area contributed by atoms with Crippen molar-refractivity contribution in [2.45, 2.75) is 50.7 Å². The van der Waals surface area contributed by atoms with Gasteiger partial charge in [0, 0.05) is 37.7 Å². The van der Waals surface area contributed by atoms with Crippen LogP contribution in [0.1, 0.15) is 37.7 Å². The molecule has 0 radical (unpaired) electrons. The predicted octanol–water partition coefficient (Wildman–Crippen LogP) is 2.11. The van der Waals surface area contributed by atoms with Crippen molar-refractivity contribution in [3.05, 3.63) is 35.9 Å². The topological polar surface area (TPSA) is 64.6 Å². The van der Waals surface area contributed by atoms with Crippen LogP contribution in [0.2, 0.25) is 0 Å². The third kappa shape index (κ3) is 4.71. The third-order valence-corrected chi connectivity index (χ3v) is 5.33. The molecule has 2 amide bonds. The SMILES string of the molecule is O=C(NC1CCCC1)NC1CN(Cc2ccccc2)CCC1CO. The summed E-state index contributed by atoms with van der Waals surface area (Å²) in [5, 5.41) is 15.8. The maximum atomic E-state index is 12.3. The van der Waals surface area contributed by atoms with Crippen molar-refractivity contribution >= 4 is 6.03 Å². The van der Waals surface area contributed by atoms with Gasteiger partial charge in [-0.15, -0.1) is 0 Å². The molecule has 0 bridgehead atoms. The standard InChI is InChI=1S/C19H29N3O2/c23-14-16-10-11-22(12-15-6-2-1-3-7-15)13-18(16)21-19(24)20-17-8-4-5-9-17/h1-3,6-7,16-18,23H,4-5,8-14H2,(H2,20,21,24). The van der Waals surface area contributed by atoms with Gasteiger partial charge in [-0.05, 0) is 31.4 Å². The summed E-state index contributed by atoms with van der Waals surface area (Å²) in [6.07, 6.45) is 5.50. The van der Waals surface area contributed by atoms with Gasteiger partial charge in [-0.2, -0.15) is 0 Å². The number of carbonyl (C=O) groups excluding carboxylic acids is 1. The van der Waals surface area contributed by atoms with E-state index in [4.69, 9.17) is 0 Å². The highest BCUT2D eigenvalue weighted by molar-refractivity contribution is 5.74. The van der Waals surface area contributed by atoms with Crippen LogP contribution in [0.4, 0.5) is 4.79 Å². The summed E-state index contributed by atoms with van der Waals surface area (Å²) in [4.78, 5) is 14.6. The van der Waals surface area contributed by atoms with Gasteiger partial charge >= 0.3 is 6.03 Å². The van der Waals surface area contributed by atoms with Gasteiger partial charge < -0.3 is 15.7 Å². The Bertz CT molecular complexity index is 517. The minimum atomic E-state index is -0.0769. The number of benzene rings is 1. The molecule has 5 heteroatoms. The Hall–Kier alpha value is -1.59. The van der Waals surface area contributed by atoms with Crippen LogP contribution in [0.15, 0.2) is 30.3 Å². The number of rotatable bonds is 5. The van der Waals surface area contributed by atoms with Crippen LogP contribution < -0.4 is 10.6 Å². The van der Waals surface area contributed by atoms with Crippen molar-refractivity contribution in [1.82, 2.24) is 15.5 Å². The molecule has 3 rings (SSSR count). The lowest BCUT2D eigenvalue weighted by Gasteiger charge is -2.38. The molecule has 24 heavy (non-hydrogen) atoms. The van der Waals surface area contributed by atoms with E-state index in [1.165, 1.54) is 18.4 Å². The van der Waals surface area contributed by atoms with E-state index in [1.54, 1.807) is 0 Å². The average Bonchev–Trinajstić information content (AvgIpc) is 3.09. The number of hydrogen-bond donors (Lipinski definition) is 3. The lowest BCUT2D eigenvalue weighted by Crippen LogP contribution is -2.56. The Labute approximate surface area is 144 Å². The van der Waals surface area contributed by atoms with Gasteiger partial charge in [-0.25, -0.2) is 4.79 Å². The van der Waals surface area contributed by atoms with Crippen molar-refractivity contribution in [3.63, 3.8) is 0 Å². The molecule has 132 valence electrons. The molecule has 1 saturated heterocycles. The molecule has 2 fully saturated rings. The van der Waals surface area contributed by atoms with Crippen LogP contribution in [0.3, 0.4) is 0 Å². The van der Waals surface area contributed by atoms with Crippen molar-refractivity contribution in [3.8, 4) is 0 Å². The maximum Gasteiger partial charge on any atom is 0.315 e. The summed E-state index contributed by atoms with van der Waals surface area (Å²) < 4.78 is 0. The van der Waals surface area contributed by atoms with Gasteiger partial charge in [0.2, 0.25) is 0 Å². The summed E-state index contributed by atoms with van der Waals surface area (Å²) in [6, 6.07) is 10.7. The van der Waals surface area contributed by atoms with Gasteiger partial charge in [0.25, 0.3) is 0 Å². The summed E-state index contributed by atoms with van der Waals surface area (Å²) in [7, 11) is 0. The number of likely N-dealkylation sites (tertiary alicyclic amines) is 1. The summed E-state index contributed by atoms with van der Waals surface area (Å²) >= 11 is 0. The van der Waals surface area contributed by atoms with E-state index in [-0.39, 0.29) is 24.6 Å². The number of aliphatic hydroxyl groups is 1. The third-order valence-electron chi connectivity index (χ3n) is 5.33. The second kappa shape index (κ2) is 8.49. The molecular weight excluding hydrogens is 302 g/mol. The van der Waals surface area contributed by atoms with Gasteiger partial charge in [0.05, 0.1) is 0 Å². The van der Waals surface area contributed by atoms with Gasteiger partial charge in [0.1, 0.15) is 0 Å². The number of amides is 2. The number of piperidine rings is 1. The van der Waals surface area contributed by atoms with E-state index in [9.17, 15) is 9.90 Å². The number of urea groups is 1. The van der Waals surface area contributed by atoms with Gasteiger partial charge in [0.15, 0.2) is 0 Å². The fourth-order valence-corrected chi connectivity index (χ4v) is 3.90. The Morgan fingerprint density at radius 2 is 1.88 bits per heavy atom. The van der Waals surface area contributed by atoms with E-state index < -0.39 is 0 Å². The predicted molar refractivity (Wildman–Crippen MR) is 94.6 cm³/mol. The molecule has 3 N–H and O–H groups in total. The maximum absolute atomic E-state index is 12.3. The van der Waals surface area contributed by atoms with Crippen LogP contribution in [-0.4, -0.2) is 47.8 Å². The van der Waals surface area contributed by atoms with Crippen molar-refractivity contribution in [2.75, 3.05) is 19.7 Å². The second-order valence-corrected chi connectivity index (χ2v) is 7.16. The first kappa shape index (κ1) is 17.2. The lowest BCUT2D eigenvalue weighted by atomic mass is 9.92. The van der Waals surface area contributed by atoms with E-state index in [1.807, 2.05) is 6.07 Å². The fraction of sp³-hybridized carbons (Fsp3) is 0.632. The molecule has 2 aliphatic rings. The zero-order valence-corrected chi connectivity index (χ0v) is 14.3. The van der Waals surface area contributed by atoms with E-state index in [2.05, 4.69) is 39.8 Å². The molecule has 1 aromatic rings. The van der Waals surface area contributed by atoms with Crippen molar-refractivity contribution in [2.24, 2.45) is 5.92 Å². The zero-order chi connectivity index (χ0) is 16.8.